The number of hydrogen-bond acceptors (Lipinski definition) is 4. The predicted molar refractivity (Wildman–Crippen MR) is 118 cm³/mol. The van der Waals surface area contributed by atoms with Gasteiger partial charge in [0.15, 0.2) is 0 Å². The summed E-state index contributed by atoms with van der Waals surface area (Å²) < 4.78 is 0. The Balaban J connectivity index is 1.44. The number of benzene rings is 3. The first-order valence-electron chi connectivity index (χ1n) is 9.01. The lowest BCUT2D eigenvalue weighted by Gasteiger charge is -2.11. The molecule has 1 heterocycles. The van der Waals surface area contributed by atoms with Gasteiger partial charge in [-0.15, -0.1) is 0 Å². The van der Waals surface area contributed by atoms with Gasteiger partial charge in [0.1, 0.15) is 11.6 Å². The van der Waals surface area contributed by atoms with Crippen molar-refractivity contribution in [1.29, 1.82) is 0 Å². The summed E-state index contributed by atoms with van der Waals surface area (Å²) in [7, 11) is 0. The molecular formula is C22H18ClN5O. The lowest BCUT2D eigenvalue weighted by Crippen LogP contribution is -2.19. The number of carbonyl (C=O) groups is 1. The van der Waals surface area contributed by atoms with Crippen LogP contribution in [0.4, 0.5) is 27.7 Å². The summed E-state index contributed by atoms with van der Waals surface area (Å²) in [4.78, 5) is 21.1. The van der Waals surface area contributed by atoms with Crippen molar-refractivity contribution < 1.29 is 4.79 Å². The summed E-state index contributed by atoms with van der Waals surface area (Å²) in [6, 6.07) is 21.8. The molecule has 0 radical (unpaired) electrons. The highest BCUT2D eigenvalue weighted by Crippen LogP contribution is 2.24. The molecule has 0 atom stereocenters. The smallest absolute Gasteiger partial charge is 0.323 e. The third kappa shape index (κ3) is 4.62. The molecule has 0 saturated carbocycles. The van der Waals surface area contributed by atoms with Crippen molar-refractivity contribution in [2.45, 2.75) is 6.92 Å². The zero-order valence-corrected chi connectivity index (χ0v) is 16.4. The highest BCUT2D eigenvalue weighted by Gasteiger charge is 2.07. The molecule has 7 heteroatoms. The van der Waals surface area contributed by atoms with E-state index in [-0.39, 0.29) is 6.03 Å². The molecule has 1 aromatic heterocycles. The number of rotatable bonds is 4. The van der Waals surface area contributed by atoms with Crippen LogP contribution in [0.25, 0.3) is 10.9 Å². The van der Waals surface area contributed by atoms with Crippen LogP contribution < -0.4 is 16.0 Å². The van der Waals surface area contributed by atoms with Crippen molar-refractivity contribution >= 4 is 51.4 Å². The van der Waals surface area contributed by atoms with E-state index in [1.165, 1.54) is 0 Å². The van der Waals surface area contributed by atoms with Crippen LogP contribution in [0.3, 0.4) is 0 Å². The van der Waals surface area contributed by atoms with Gasteiger partial charge in [-0.05, 0) is 67.6 Å². The van der Waals surface area contributed by atoms with Crippen LogP contribution in [0, 0.1) is 6.92 Å². The van der Waals surface area contributed by atoms with Crippen LogP contribution in [-0.2, 0) is 0 Å². The number of aromatic nitrogens is 2. The number of halogens is 1. The quantitative estimate of drug-likeness (QED) is 0.391. The lowest BCUT2D eigenvalue weighted by atomic mass is 10.2. The Morgan fingerprint density at radius 1 is 0.793 bits per heavy atom. The molecular weight excluding hydrogens is 386 g/mol. The SMILES string of the molecule is Cc1nc(Nc2ccc(NC(=O)Nc3ccc(Cl)cc3)cc2)c2ccccc2n1. The van der Waals surface area contributed by atoms with Crippen molar-refractivity contribution in [3.63, 3.8) is 0 Å². The molecule has 0 aliphatic rings. The van der Waals surface area contributed by atoms with Crippen molar-refractivity contribution in [1.82, 2.24) is 9.97 Å². The molecule has 4 rings (SSSR count). The zero-order chi connectivity index (χ0) is 20.2. The Morgan fingerprint density at radius 2 is 1.38 bits per heavy atom. The fourth-order valence-corrected chi connectivity index (χ4v) is 3.01. The number of amides is 2. The van der Waals surface area contributed by atoms with Gasteiger partial charge in [0, 0.05) is 27.5 Å². The second-order valence-corrected chi connectivity index (χ2v) is 6.86. The fraction of sp³-hybridized carbons (Fsp3) is 0.0455. The number of aryl methyl sites for hydroxylation is 1. The lowest BCUT2D eigenvalue weighted by molar-refractivity contribution is 0.262. The molecule has 144 valence electrons. The van der Waals surface area contributed by atoms with Gasteiger partial charge in [0.25, 0.3) is 0 Å². The summed E-state index contributed by atoms with van der Waals surface area (Å²) in [5.41, 5.74) is 3.08. The minimum absolute atomic E-state index is 0.328. The van der Waals surface area contributed by atoms with Gasteiger partial charge in [-0.2, -0.15) is 0 Å². The Bertz CT molecular complexity index is 1160. The first-order chi connectivity index (χ1) is 14.1. The molecule has 0 spiro atoms. The van der Waals surface area contributed by atoms with Crippen LogP contribution in [-0.4, -0.2) is 16.0 Å². The van der Waals surface area contributed by atoms with Crippen molar-refractivity contribution in [3.05, 3.63) is 83.6 Å². The Morgan fingerprint density at radius 3 is 2.07 bits per heavy atom. The summed E-state index contributed by atoms with van der Waals surface area (Å²) in [5.74, 6) is 1.44. The zero-order valence-electron chi connectivity index (χ0n) is 15.6. The van der Waals surface area contributed by atoms with Crippen LogP contribution in [0.2, 0.25) is 5.02 Å². The van der Waals surface area contributed by atoms with Crippen LogP contribution in [0.15, 0.2) is 72.8 Å². The molecule has 0 saturated heterocycles. The Kier molecular flexibility index (Phi) is 5.27. The van der Waals surface area contributed by atoms with Crippen LogP contribution in [0.5, 0.6) is 0 Å². The standard InChI is InChI=1S/C22H18ClN5O/c1-14-24-20-5-3-2-4-19(20)21(25-14)26-16-10-12-18(13-11-16)28-22(29)27-17-8-6-15(23)7-9-17/h2-13H,1H3,(H,24,25,26)(H2,27,28,29). The number of anilines is 4. The van der Waals surface area contributed by atoms with Crippen LogP contribution >= 0.6 is 11.6 Å². The molecule has 0 unspecified atom stereocenters. The van der Waals surface area contributed by atoms with E-state index in [2.05, 4.69) is 25.9 Å². The summed E-state index contributed by atoms with van der Waals surface area (Å²) in [6.45, 7) is 1.87. The van der Waals surface area contributed by atoms with E-state index in [9.17, 15) is 4.79 Å². The first kappa shape index (κ1) is 18.7. The number of carbonyl (C=O) groups excluding carboxylic acids is 1. The molecule has 4 aromatic rings. The minimum Gasteiger partial charge on any atom is -0.340 e. The van der Waals surface area contributed by atoms with Gasteiger partial charge >= 0.3 is 6.03 Å². The van der Waals surface area contributed by atoms with E-state index < -0.39 is 0 Å². The van der Waals surface area contributed by atoms with Crippen LogP contribution in [0.1, 0.15) is 5.82 Å². The van der Waals surface area contributed by atoms with Gasteiger partial charge in [-0.1, -0.05) is 23.7 Å². The average molecular weight is 404 g/mol. The minimum atomic E-state index is -0.328. The van der Waals surface area contributed by atoms with E-state index in [0.717, 1.165) is 22.4 Å². The maximum absolute atomic E-state index is 12.1. The Hall–Kier alpha value is -3.64. The van der Waals surface area contributed by atoms with E-state index in [4.69, 9.17) is 11.6 Å². The van der Waals surface area contributed by atoms with E-state index in [1.54, 1.807) is 24.3 Å². The number of urea groups is 1. The second-order valence-electron chi connectivity index (χ2n) is 6.42. The number of fused-ring (bicyclic) bond motifs is 1. The Labute approximate surface area is 173 Å². The van der Waals surface area contributed by atoms with Gasteiger partial charge in [0.2, 0.25) is 0 Å². The molecule has 2 amide bonds. The third-order valence-electron chi connectivity index (χ3n) is 4.22. The maximum Gasteiger partial charge on any atom is 0.323 e. The number of hydrogen-bond donors (Lipinski definition) is 3. The van der Waals surface area contributed by atoms with Crippen molar-refractivity contribution in [2.75, 3.05) is 16.0 Å². The van der Waals surface area contributed by atoms with Crippen molar-refractivity contribution in [3.8, 4) is 0 Å². The number of nitrogens with one attached hydrogen (secondary N) is 3. The predicted octanol–water partition coefficient (Wildman–Crippen LogP) is 5.98. The highest BCUT2D eigenvalue weighted by molar-refractivity contribution is 6.30. The summed E-state index contributed by atoms with van der Waals surface area (Å²) >= 11 is 5.85. The van der Waals surface area contributed by atoms with E-state index >= 15 is 0 Å². The second kappa shape index (κ2) is 8.16. The summed E-state index contributed by atoms with van der Waals surface area (Å²) in [5, 5.41) is 10.4. The van der Waals surface area contributed by atoms with Crippen molar-refractivity contribution in [2.24, 2.45) is 0 Å². The van der Waals surface area contributed by atoms with Gasteiger partial charge in [-0.3, -0.25) is 0 Å². The topological polar surface area (TPSA) is 78.9 Å². The number of nitrogens with zero attached hydrogens (tertiary/aromatic N) is 2. The fourth-order valence-electron chi connectivity index (χ4n) is 2.89. The molecule has 0 fully saturated rings. The molecule has 0 aliphatic carbocycles. The van der Waals surface area contributed by atoms with E-state index in [1.807, 2.05) is 55.5 Å². The van der Waals surface area contributed by atoms with Gasteiger partial charge in [-0.25, -0.2) is 14.8 Å². The maximum atomic E-state index is 12.1. The van der Waals surface area contributed by atoms with Gasteiger partial charge in [0.05, 0.1) is 5.52 Å². The molecule has 29 heavy (non-hydrogen) atoms. The molecule has 0 aliphatic heterocycles. The molecule has 3 N–H and O–H groups in total. The average Bonchev–Trinajstić information content (AvgIpc) is 2.71. The summed E-state index contributed by atoms with van der Waals surface area (Å²) in [6.07, 6.45) is 0. The molecule has 0 bridgehead atoms. The number of para-hydroxylation sites is 1. The largest absolute Gasteiger partial charge is 0.340 e. The normalized spacial score (nSPS) is 10.6. The molecule has 3 aromatic carbocycles. The monoisotopic (exact) mass is 403 g/mol. The first-order valence-corrected chi connectivity index (χ1v) is 9.39. The highest BCUT2D eigenvalue weighted by atomic mass is 35.5. The van der Waals surface area contributed by atoms with Gasteiger partial charge < -0.3 is 16.0 Å². The third-order valence-corrected chi connectivity index (χ3v) is 4.47. The molecule has 6 nitrogen and oxygen atoms in total. The van der Waals surface area contributed by atoms with E-state index in [0.29, 0.717) is 22.2 Å².